The first-order valence-corrected chi connectivity index (χ1v) is 10.5. The zero-order valence-corrected chi connectivity index (χ0v) is 18.2. The Hall–Kier alpha value is -3.54. The zero-order valence-electron chi connectivity index (χ0n) is 18.2. The van der Waals surface area contributed by atoms with Crippen LogP contribution in [0.5, 0.6) is 0 Å². The second kappa shape index (κ2) is 15.3. The van der Waals surface area contributed by atoms with Crippen molar-refractivity contribution < 1.29 is 39.3 Å². The smallest absolute Gasteiger partial charge is 0.317 e. The molecule has 0 aliphatic heterocycles. The predicted octanol–water partition coefficient (Wildman–Crippen LogP) is 0.713. The summed E-state index contributed by atoms with van der Waals surface area (Å²) in [5.41, 5.74) is 0.738. The molecule has 5 N–H and O–H groups in total. The molecule has 2 amide bonds. The number of unbranched alkanes of at least 4 members (excludes halogenated alkanes) is 1. The van der Waals surface area contributed by atoms with Crippen molar-refractivity contribution in [3.05, 3.63) is 30.1 Å². The van der Waals surface area contributed by atoms with E-state index < -0.39 is 42.4 Å². The molecule has 0 spiro atoms. The zero-order chi connectivity index (χ0) is 24.6. The number of carboxylic acid groups (broad SMARTS) is 3. The van der Waals surface area contributed by atoms with E-state index in [9.17, 15) is 24.0 Å². The first-order valence-electron chi connectivity index (χ1n) is 10.5. The van der Waals surface area contributed by atoms with Gasteiger partial charge in [-0.25, -0.2) is 4.79 Å². The third-order valence-corrected chi connectivity index (χ3v) is 4.65. The number of aliphatic carboxylic acids is 3. The van der Waals surface area contributed by atoms with Crippen LogP contribution in [0.3, 0.4) is 0 Å². The lowest BCUT2D eigenvalue weighted by molar-refractivity contribution is -0.139. The van der Waals surface area contributed by atoms with Gasteiger partial charge in [-0.1, -0.05) is 6.07 Å². The maximum Gasteiger partial charge on any atom is 0.317 e. The van der Waals surface area contributed by atoms with Gasteiger partial charge in [-0.15, -0.1) is 0 Å². The molecule has 182 valence electrons. The van der Waals surface area contributed by atoms with Gasteiger partial charge >= 0.3 is 23.9 Å². The van der Waals surface area contributed by atoms with E-state index in [-0.39, 0.29) is 19.4 Å². The molecule has 1 rings (SSSR count). The minimum Gasteiger partial charge on any atom is -0.481 e. The summed E-state index contributed by atoms with van der Waals surface area (Å²) in [5.74, 6) is -3.26. The molecular formula is C21H30N4O8. The van der Waals surface area contributed by atoms with Crippen LogP contribution in [0.1, 0.15) is 44.2 Å². The van der Waals surface area contributed by atoms with Crippen molar-refractivity contribution in [3.63, 3.8) is 0 Å². The quantitative estimate of drug-likeness (QED) is 0.162. The molecule has 12 heteroatoms. The van der Waals surface area contributed by atoms with Crippen molar-refractivity contribution in [1.29, 1.82) is 0 Å². The maximum absolute atomic E-state index is 12.1. The van der Waals surface area contributed by atoms with E-state index >= 15 is 0 Å². The SMILES string of the molecule is O=CC(CCCCN(CC(=O)O)Cc1ccccn1)NC(=O)NC(CCC(=O)O)CC(=O)O. The van der Waals surface area contributed by atoms with Crippen LogP contribution in [-0.4, -0.2) is 80.6 Å². The van der Waals surface area contributed by atoms with Crippen LogP contribution < -0.4 is 10.6 Å². The second-order valence-electron chi connectivity index (χ2n) is 7.51. The van der Waals surface area contributed by atoms with Gasteiger partial charge in [0.05, 0.1) is 24.7 Å². The third kappa shape index (κ3) is 13.5. The number of amides is 2. The Morgan fingerprint density at radius 3 is 2.33 bits per heavy atom. The molecule has 0 aromatic carbocycles. The van der Waals surface area contributed by atoms with Gasteiger partial charge in [-0.2, -0.15) is 0 Å². The highest BCUT2D eigenvalue weighted by Gasteiger charge is 2.19. The first kappa shape index (κ1) is 27.5. The van der Waals surface area contributed by atoms with Crippen molar-refractivity contribution in [2.75, 3.05) is 13.1 Å². The van der Waals surface area contributed by atoms with E-state index in [0.717, 1.165) is 5.69 Å². The Morgan fingerprint density at radius 2 is 1.76 bits per heavy atom. The fraction of sp³-hybridized carbons (Fsp3) is 0.524. The highest BCUT2D eigenvalue weighted by molar-refractivity contribution is 5.79. The molecule has 0 fully saturated rings. The van der Waals surface area contributed by atoms with Crippen molar-refractivity contribution in [3.8, 4) is 0 Å². The molecule has 0 bridgehead atoms. The number of urea groups is 1. The molecule has 0 saturated heterocycles. The third-order valence-electron chi connectivity index (χ3n) is 4.65. The van der Waals surface area contributed by atoms with Crippen LogP contribution in [0.15, 0.2) is 24.4 Å². The molecule has 33 heavy (non-hydrogen) atoms. The number of carbonyl (C=O) groups is 5. The van der Waals surface area contributed by atoms with Crippen LogP contribution in [0, 0.1) is 0 Å². The van der Waals surface area contributed by atoms with E-state index in [1.54, 1.807) is 23.2 Å². The van der Waals surface area contributed by atoms with E-state index in [4.69, 9.17) is 15.3 Å². The van der Waals surface area contributed by atoms with Crippen LogP contribution >= 0.6 is 0 Å². The number of aromatic nitrogens is 1. The number of rotatable bonds is 17. The molecular weight excluding hydrogens is 436 g/mol. The molecule has 0 radical (unpaired) electrons. The maximum atomic E-state index is 12.1. The van der Waals surface area contributed by atoms with Gasteiger partial charge in [0.15, 0.2) is 0 Å². The number of nitrogens with zero attached hydrogens (tertiary/aromatic N) is 2. The highest BCUT2D eigenvalue weighted by Crippen LogP contribution is 2.07. The summed E-state index contributed by atoms with van der Waals surface area (Å²) in [4.78, 5) is 62.1. The topological polar surface area (TPSA) is 186 Å². The van der Waals surface area contributed by atoms with Crippen molar-refractivity contribution in [2.45, 2.75) is 57.2 Å². The molecule has 0 aliphatic carbocycles. The van der Waals surface area contributed by atoms with Gasteiger partial charge in [-0.05, 0) is 44.4 Å². The standard InChI is InChI=1S/C21H30N4O8/c26-14-17(24-21(33)23-15(11-19(29)30)7-8-18(27)28)6-2-4-10-25(13-20(31)32)12-16-5-1-3-9-22-16/h1,3,5,9,14-15,17H,2,4,6-8,10-13H2,(H,27,28)(H,29,30)(H,31,32)(H2,23,24,33). The van der Waals surface area contributed by atoms with Gasteiger partial charge < -0.3 is 30.7 Å². The Kier molecular flexibility index (Phi) is 12.7. The molecule has 1 aromatic heterocycles. The van der Waals surface area contributed by atoms with Crippen molar-refractivity contribution in [1.82, 2.24) is 20.5 Å². The largest absolute Gasteiger partial charge is 0.481 e. The average molecular weight is 466 g/mol. The Morgan fingerprint density at radius 1 is 1.00 bits per heavy atom. The van der Waals surface area contributed by atoms with E-state index in [1.807, 2.05) is 6.07 Å². The van der Waals surface area contributed by atoms with Crippen LogP contribution in [0.25, 0.3) is 0 Å². The fourth-order valence-electron chi connectivity index (χ4n) is 3.13. The summed E-state index contributed by atoms with van der Waals surface area (Å²) in [5, 5.41) is 31.6. The molecule has 0 aliphatic rings. The van der Waals surface area contributed by atoms with Crippen LogP contribution in [0.4, 0.5) is 4.79 Å². The summed E-state index contributed by atoms with van der Waals surface area (Å²) in [6, 6.07) is 2.92. The molecule has 2 unspecified atom stereocenters. The lowest BCUT2D eigenvalue weighted by atomic mass is 10.1. The Bertz CT molecular complexity index is 790. The Labute approximate surface area is 191 Å². The number of pyridine rings is 1. The van der Waals surface area contributed by atoms with Crippen LogP contribution in [-0.2, 0) is 25.7 Å². The predicted molar refractivity (Wildman–Crippen MR) is 115 cm³/mol. The van der Waals surface area contributed by atoms with E-state index in [1.165, 1.54) is 0 Å². The molecule has 1 heterocycles. The number of carboxylic acids is 3. The van der Waals surface area contributed by atoms with Crippen molar-refractivity contribution in [2.24, 2.45) is 0 Å². The van der Waals surface area contributed by atoms with Gasteiger partial charge in [-0.3, -0.25) is 24.3 Å². The first-order chi connectivity index (χ1) is 15.7. The van der Waals surface area contributed by atoms with Gasteiger partial charge in [0, 0.05) is 25.2 Å². The van der Waals surface area contributed by atoms with Crippen molar-refractivity contribution >= 4 is 30.2 Å². The summed E-state index contributed by atoms with van der Waals surface area (Å²) >= 11 is 0. The fourth-order valence-corrected chi connectivity index (χ4v) is 3.13. The van der Waals surface area contributed by atoms with Crippen LogP contribution in [0.2, 0.25) is 0 Å². The number of nitrogens with one attached hydrogen (secondary N) is 2. The number of carbonyl (C=O) groups excluding carboxylic acids is 2. The summed E-state index contributed by atoms with van der Waals surface area (Å²) in [6.45, 7) is 0.665. The number of hydrogen-bond acceptors (Lipinski definition) is 7. The van der Waals surface area contributed by atoms with Gasteiger partial charge in [0.25, 0.3) is 0 Å². The highest BCUT2D eigenvalue weighted by atomic mass is 16.4. The number of hydrogen-bond donors (Lipinski definition) is 5. The molecule has 0 saturated carbocycles. The normalized spacial score (nSPS) is 12.5. The van der Waals surface area contributed by atoms with E-state index in [2.05, 4.69) is 15.6 Å². The molecule has 12 nitrogen and oxygen atoms in total. The Balaban J connectivity index is 2.47. The summed E-state index contributed by atoms with van der Waals surface area (Å²) in [7, 11) is 0. The van der Waals surface area contributed by atoms with E-state index in [0.29, 0.717) is 38.6 Å². The number of aldehydes is 1. The minimum absolute atomic E-state index is 0.0590. The monoisotopic (exact) mass is 466 g/mol. The molecule has 1 aromatic rings. The lowest BCUT2D eigenvalue weighted by Gasteiger charge is -2.21. The average Bonchev–Trinajstić information content (AvgIpc) is 2.73. The lowest BCUT2D eigenvalue weighted by Crippen LogP contribution is -2.47. The summed E-state index contributed by atoms with van der Waals surface area (Å²) < 4.78 is 0. The van der Waals surface area contributed by atoms with Gasteiger partial charge in [0.2, 0.25) is 0 Å². The molecule has 2 atom stereocenters. The second-order valence-corrected chi connectivity index (χ2v) is 7.51. The van der Waals surface area contributed by atoms with Gasteiger partial charge in [0.1, 0.15) is 6.29 Å². The summed E-state index contributed by atoms with van der Waals surface area (Å²) in [6.07, 6.45) is 2.79. The minimum atomic E-state index is -1.19.